The molecule has 3 heterocycles. The standard InChI is InChI=1S/C16H14N6O2/c1-2-24-12-7-9(11-5-6-19-22-11)3-4-10(12)14-20-15-13(16(23)21-14)17-8-18-15/h3-8H,2H2,1H3,(H,19,22)(H2,17,18,20,21,23). The van der Waals surface area contributed by atoms with E-state index in [0.717, 1.165) is 11.3 Å². The van der Waals surface area contributed by atoms with Crippen molar-refractivity contribution in [2.24, 2.45) is 0 Å². The lowest BCUT2D eigenvalue weighted by Gasteiger charge is -2.11. The number of aromatic amines is 3. The van der Waals surface area contributed by atoms with Crippen LogP contribution >= 0.6 is 0 Å². The Balaban J connectivity index is 1.88. The molecular formula is C16H14N6O2. The Hall–Kier alpha value is -3.42. The first kappa shape index (κ1) is 14.2. The molecule has 0 bridgehead atoms. The summed E-state index contributed by atoms with van der Waals surface area (Å²) in [5.74, 6) is 1.05. The molecule has 0 saturated heterocycles. The quantitative estimate of drug-likeness (QED) is 0.532. The van der Waals surface area contributed by atoms with Gasteiger partial charge in [0.15, 0.2) is 11.2 Å². The number of imidazole rings is 1. The first-order valence-corrected chi connectivity index (χ1v) is 7.47. The molecule has 0 fully saturated rings. The molecule has 0 saturated carbocycles. The van der Waals surface area contributed by atoms with E-state index < -0.39 is 0 Å². The maximum atomic E-state index is 12.1. The fourth-order valence-electron chi connectivity index (χ4n) is 2.55. The molecule has 0 aliphatic carbocycles. The molecule has 0 amide bonds. The van der Waals surface area contributed by atoms with Gasteiger partial charge >= 0.3 is 0 Å². The number of benzene rings is 1. The predicted molar refractivity (Wildman–Crippen MR) is 88.7 cm³/mol. The van der Waals surface area contributed by atoms with Gasteiger partial charge in [0.2, 0.25) is 0 Å². The number of ether oxygens (including phenoxy) is 1. The van der Waals surface area contributed by atoms with Crippen LogP contribution in [0, 0.1) is 0 Å². The highest BCUT2D eigenvalue weighted by Gasteiger charge is 2.14. The second kappa shape index (κ2) is 5.65. The maximum Gasteiger partial charge on any atom is 0.279 e. The van der Waals surface area contributed by atoms with E-state index in [9.17, 15) is 4.79 Å². The zero-order valence-electron chi connectivity index (χ0n) is 12.8. The highest BCUT2D eigenvalue weighted by Crippen LogP contribution is 2.32. The Morgan fingerprint density at radius 3 is 2.96 bits per heavy atom. The lowest BCUT2D eigenvalue weighted by Crippen LogP contribution is -2.10. The second-order valence-electron chi connectivity index (χ2n) is 5.12. The molecule has 0 aliphatic heterocycles. The van der Waals surface area contributed by atoms with E-state index in [1.165, 1.54) is 6.33 Å². The molecule has 4 rings (SSSR count). The number of nitrogens with zero attached hydrogens (tertiary/aromatic N) is 3. The van der Waals surface area contributed by atoms with Crippen molar-refractivity contribution >= 4 is 11.2 Å². The summed E-state index contributed by atoms with van der Waals surface area (Å²) in [6.07, 6.45) is 3.20. The molecule has 8 heteroatoms. The summed E-state index contributed by atoms with van der Waals surface area (Å²) >= 11 is 0. The molecule has 24 heavy (non-hydrogen) atoms. The fraction of sp³-hybridized carbons (Fsp3) is 0.125. The number of nitrogens with one attached hydrogen (secondary N) is 3. The van der Waals surface area contributed by atoms with E-state index >= 15 is 0 Å². The number of hydrogen-bond donors (Lipinski definition) is 3. The van der Waals surface area contributed by atoms with Crippen molar-refractivity contribution in [2.75, 3.05) is 6.61 Å². The normalized spacial score (nSPS) is 11.0. The third-order valence-corrected chi connectivity index (χ3v) is 3.62. The number of aromatic nitrogens is 6. The van der Waals surface area contributed by atoms with Gasteiger partial charge in [0.05, 0.1) is 24.2 Å². The van der Waals surface area contributed by atoms with Gasteiger partial charge in [0, 0.05) is 11.8 Å². The van der Waals surface area contributed by atoms with Crippen LogP contribution in [0.2, 0.25) is 0 Å². The van der Waals surface area contributed by atoms with Crippen molar-refractivity contribution in [3.05, 3.63) is 47.1 Å². The van der Waals surface area contributed by atoms with Crippen LogP contribution in [0.5, 0.6) is 5.75 Å². The maximum absolute atomic E-state index is 12.1. The molecule has 8 nitrogen and oxygen atoms in total. The molecule has 0 radical (unpaired) electrons. The molecule has 0 unspecified atom stereocenters. The third kappa shape index (κ3) is 2.34. The zero-order valence-corrected chi connectivity index (χ0v) is 12.8. The molecule has 3 aromatic heterocycles. The number of fused-ring (bicyclic) bond motifs is 1. The summed E-state index contributed by atoms with van der Waals surface area (Å²) in [5.41, 5.74) is 2.85. The third-order valence-electron chi connectivity index (χ3n) is 3.62. The minimum Gasteiger partial charge on any atom is -0.493 e. The van der Waals surface area contributed by atoms with Gasteiger partial charge in [-0.25, -0.2) is 9.97 Å². The molecule has 0 spiro atoms. The van der Waals surface area contributed by atoms with Crippen molar-refractivity contribution in [3.63, 3.8) is 0 Å². The van der Waals surface area contributed by atoms with Crippen molar-refractivity contribution in [1.82, 2.24) is 30.1 Å². The van der Waals surface area contributed by atoms with Gasteiger partial charge in [-0.2, -0.15) is 5.10 Å². The molecule has 4 aromatic rings. The van der Waals surface area contributed by atoms with Crippen molar-refractivity contribution in [1.29, 1.82) is 0 Å². The lowest BCUT2D eigenvalue weighted by molar-refractivity contribution is 0.341. The van der Waals surface area contributed by atoms with Crippen LogP contribution in [0.4, 0.5) is 0 Å². The Kier molecular flexibility index (Phi) is 3.34. The topological polar surface area (TPSA) is 112 Å². The van der Waals surface area contributed by atoms with E-state index in [4.69, 9.17) is 4.74 Å². The van der Waals surface area contributed by atoms with Crippen LogP contribution in [0.1, 0.15) is 6.92 Å². The fourth-order valence-corrected chi connectivity index (χ4v) is 2.55. The zero-order chi connectivity index (χ0) is 16.5. The van der Waals surface area contributed by atoms with Crippen LogP contribution < -0.4 is 10.3 Å². The Morgan fingerprint density at radius 2 is 2.17 bits per heavy atom. The SMILES string of the molecule is CCOc1cc(-c2cc[nH]n2)ccc1-c1nc2[nH]cnc2c(=O)[nH]1. The van der Waals surface area contributed by atoms with Gasteiger partial charge in [0.1, 0.15) is 11.6 Å². The summed E-state index contributed by atoms with van der Waals surface area (Å²) in [7, 11) is 0. The van der Waals surface area contributed by atoms with Crippen LogP contribution in [-0.4, -0.2) is 36.7 Å². The van der Waals surface area contributed by atoms with Crippen molar-refractivity contribution < 1.29 is 4.74 Å². The van der Waals surface area contributed by atoms with Crippen LogP contribution in [-0.2, 0) is 0 Å². The van der Waals surface area contributed by atoms with Crippen LogP contribution in [0.3, 0.4) is 0 Å². The summed E-state index contributed by atoms with van der Waals surface area (Å²) < 4.78 is 5.74. The molecule has 0 atom stereocenters. The van der Waals surface area contributed by atoms with Gasteiger partial charge in [-0.05, 0) is 25.1 Å². The Bertz CT molecular complexity index is 1050. The van der Waals surface area contributed by atoms with E-state index in [-0.39, 0.29) is 11.1 Å². The molecular weight excluding hydrogens is 308 g/mol. The van der Waals surface area contributed by atoms with E-state index in [1.807, 2.05) is 31.2 Å². The summed E-state index contributed by atoms with van der Waals surface area (Å²) in [4.78, 5) is 26.1. The smallest absolute Gasteiger partial charge is 0.279 e. The predicted octanol–water partition coefficient (Wildman–Crippen LogP) is 2.10. The first-order valence-electron chi connectivity index (χ1n) is 7.47. The Morgan fingerprint density at radius 1 is 1.25 bits per heavy atom. The molecule has 3 N–H and O–H groups in total. The largest absolute Gasteiger partial charge is 0.493 e. The summed E-state index contributed by atoms with van der Waals surface area (Å²) in [5, 5.41) is 6.96. The average molecular weight is 322 g/mol. The van der Waals surface area contributed by atoms with Gasteiger partial charge < -0.3 is 14.7 Å². The minimum absolute atomic E-state index is 0.282. The van der Waals surface area contributed by atoms with E-state index in [0.29, 0.717) is 29.4 Å². The van der Waals surface area contributed by atoms with Crippen molar-refractivity contribution in [3.8, 4) is 28.4 Å². The van der Waals surface area contributed by atoms with Crippen LogP contribution in [0.15, 0.2) is 41.6 Å². The van der Waals surface area contributed by atoms with E-state index in [2.05, 4.69) is 30.1 Å². The Labute approximate surface area is 135 Å². The molecule has 1 aromatic carbocycles. The van der Waals surface area contributed by atoms with E-state index in [1.54, 1.807) is 6.20 Å². The van der Waals surface area contributed by atoms with Crippen LogP contribution in [0.25, 0.3) is 33.8 Å². The summed E-state index contributed by atoms with van der Waals surface area (Å²) in [6, 6.07) is 7.52. The van der Waals surface area contributed by atoms with Gasteiger partial charge in [-0.1, -0.05) is 6.07 Å². The van der Waals surface area contributed by atoms with Gasteiger partial charge in [-0.3, -0.25) is 9.89 Å². The van der Waals surface area contributed by atoms with Crippen molar-refractivity contribution in [2.45, 2.75) is 6.92 Å². The average Bonchev–Trinajstić information content (AvgIpc) is 3.27. The number of H-pyrrole nitrogens is 3. The molecule has 0 aliphatic rings. The second-order valence-corrected chi connectivity index (χ2v) is 5.12. The number of rotatable bonds is 4. The van der Waals surface area contributed by atoms with Gasteiger partial charge in [-0.15, -0.1) is 0 Å². The molecule has 120 valence electrons. The highest BCUT2D eigenvalue weighted by atomic mass is 16.5. The van der Waals surface area contributed by atoms with Gasteiger partial charge in [0.25, 0.3) is 5.56 Å². The monoisotopic (exact) mass is 322 g/mol. The summed E-state index contributed by atoms with van der Waals surface area (Å²) in [6.45, 7) is 2.40. The minimum atomic E-state index is -0.296. The number of hydrogen-bond acceptors (Lipinski definition) is 5. The lowest BCUT2D eigenvalue weighted by atomic mass is 10.1. The highest BCUT2D eigenvalue weighted by molar-refractivity contribution is 5.76. The first-order chi connectivity index (χ1) is 11.8.